The summed E-state index contributed by atoms with van der Waals surface area (Å²) in [4.78, 5) is 42.5. The molecule has 11 nitrogen and oxygen atoms in total. The highest BCUT2D eigenvalue weighted by Gasteiger charge is 2.44. The molecule has 4 N–H and O–H groups in total. The summed E-state index contributed by atoms with van der Waals surface area (Å²) in [7, 11) is -3.72. The molecule has 1 fully saturated rings. The number of amides is 4. The second-order valence-electron chi connectivity index (χ2n) is 8.44. The van der Waals surface area contributed by atoms with Crippen LogP contribution in [0.2, 0.25) is 0 Å². The molecule has 3 rings (SSSR count). The fourth-order valence-electron chi connectivity index (χ4n) is 4.07. The van der Waals surface area contributed by atoms with Crippen molar-refractivity contribution in [3.8, 4) is 0 Å². The van der Waals surface area contributed by atoms with Gasteiger partial charge in [0, 0.05) is 36.3 Å². The predicted molar refractivity (Wildman–Crippen MR) is 147 cm³/mol. The van der Waals surface area contributed by atoms with Gasteiger partial charge in [-0.3, -0.25) is 19.1 Å². The summed E-state index contributed by atoms with van der Waals surface area (Å²) in [6.45, 7) is 4.18. The molecular weight excluding hydrogens is 577 g/mol. The maximum Gasteiger partial charge on any atom is 0.340 e. The summed E-state index contributed by atoms with van der Waals surface area (Å²) in [5.74, 6) is -1.17. The van der Waals surface area contributed by atoms with Gasteiger partial charge in [0.1, 0.15) is 6.16 Å². The van der Waals surface area contributed by atoms with E-state index >= 15 is 0 Å². The Morgan fingerprint density at radius 1 is 1.03 bits per heavy atom. The number of carbonyl (C=O) groups is 3. The zero-order valence-corrected chi connectivity index (χ0v) is 23.9. The Bertz CT molecular complexity index is 1190. The first kappa shape index (κ1) is 29.8. The van der Waals surface area contributed by atoms with Gasteiger partial charge in [0.25, 0.3) is 5.91 Å². The predicted octanol–water partition coefficient (Wildman–Crippen LogP) is 3.49. The smallest absolute Gasteiger partial charge is 0.340 e. The SMILES string of the molecule is CCOP(=O)(CC(=O)N1CCN(C(=O)Nc2cccc(Br)c2)C1C(=O)NCc1cccc(CN)c1)OCC. The van der Waals surface area contributed by atoms with Crippen molar-refractivity contribution in [1.82, 2.24) is 15.1 Å². The molecule has 0 saturated carbocycles. The number of hydrogen-bond acceptors (Lipinski definition) is 7. The van der Waals surface area contributed by atoms with Gasteiger partial charge < -0.3 is 30.3 Å². The van der Waals surface area contributed by atoms with Gasteiger partial charge in [-0.05, 0) is 43.2 Å². The monoisotopic (exact) mass is 609 g/mol. The molecule has 0 bridgehead atoms. The topological polar surface area (TPSA) is 143 Å². The molecular formula is C25H33BrN5O6P. The lowest BCUT2D eigenvalue weighted by Crippen LogP contribution is -2.55. The lowest BCUT2D eigenvalue weighted by molar-refractivity contribution is -0.139. The van der Waals surface area contributed by atoms with E-state index in [4.69, 9.17) is 14.8 Å². The molecule has 4 amide bonds. The highest BCUT2D eigenvalue weighted by Crippen LogP contribution is 2.48. The van der Waals surface area contributed by atoms with Crippen LogP contribution in [0.3, 0.4) is 0 Å². The molecule has 1 unspecified atom stereocenters. The van der Waals surface area contributed by atoms with Crippen LogP contribution in [0.5, 0.6) is 0 Å². The first-order chi connectivity index (χ1) is 18.2. The number of nitrogens with zero attached hydrogens (tertiary/aromatic N) is 2. The van der Waals surface area contributed by atoms with Crippen LogP contribution in [0, 0.1) is 0 Å². The maximum atomic E-state index is 13.4. The quantitative estimate of drug-likeness (QED) is 0.331. The van der Waals surface area contributed by atoms with E-state index in [2.05, 4.69) is 26.6 Å². The third-order valence-corrected chi connectivity index (χ3v) is 8.19. The number of nitrogens with two attached hydrogens (primary N) is 1. The highest BCUT2D eigenvalue weighted by atomic mass is 79.9. The number of carbonyl (C=O) groups excluding carboxylic acids is 3. The molecule has 13 heteroatoms. The standard InChI is InChI=1S/C25H33BrN5O6P/c1-3-36-38(35,37-4-2)17-22(32)30-11-12-31(25(34)29-21-10-6-9-20(26)14-21)24(30)23(33)28-16-19-8-5-7-18(13-19)15-27/h5-10,13-14,24H,3-4,11-12,15-17,27H2,1-2H3,(H,28,33)(H,29,34). The lowest BCUT2D eigenvalue weighted by Gasteiger charge is -2.30. The van der Waals surface area contributed by atoms with E-state index in [-0.39, 0.29) is 32.8 Å². The average Bonchev–Trinajstić information content (AvgIpc) is 3.33. The number of hydrogen-bond donors (Lipinski definition) is 3. The summed E-state index contributed by atoms with van der Waals surface area (Å²) in [5, 5.41) is 5.58. The van der Waals surface area contributed by atoms with Gasteiger partial charge in [-0.1, -0.05) is 46.3 Å². The minimum Gasteiger partial charge on any atom is -0.349 e. The number of nitrogens with one attached hydrogen (secondary N) is 2. The summed E-state index contributed by atoms with van der Waals surface area (Å²) in [6, 6.07) is 13.9. The minimum absolute atomic E-state index is 0.0731. The van der Waals surface area contributed by atoms with E-state index in [1.807, 2.05) is 30.3 Å². The molecule has 2 aromatic rings. The first-order valence-electron chi connectivity index (χ1n) is 12.3. The summed E-state index contributed by atoms with van der Waals surface area (Å²) >= 11 is 3.37. The molecule has 206 valence electrons. The number of anilines is 1. The number of benzene rings is 2. The van der Waals surface area contributed by atoms with Crippen LogP contribution in [0.15, 0.2) is 53.0 Å². The van der Waals surface area contributed by atoms with Crippen LogP contribution in [0.4, 0.5) is 10.5 Å². The second kappa shape index (κ2) is 13.9. The lowest BCUT2D eigenvalue weighted by atomic mass is 10.1. The summed E-state index contributed by atoms with van der Waals surface area (Å²) in [6.07, 6.45) is -1.80. The van der Waals surface area contributed by atoms with Crippen molar-refractivity contribution in [2.24, 2.45) is 5.73 Å². The molecule has 0 radical (unpaired) electrons. The zero-order chi connectivity index (χ0) is 27.7. The fourth-order valence-corrected chi connectivity index (χ4v) is 6.03. The molecule has 0 spiro atoms. The Morgan fingerprint density at radius 3 is 2.34 bits per heavy atom. The number of rotatable bonds is 11. The molecule has 1 atom stereocenters. The Labute approximate surface area is 230 Å². The van der Waals surface area contributed by atoms with Crippen molar-refractivity contribution in [3.05, 3.63) is 64.1 Å². The van der Waals surface area contributed by atoms with Gasteiger partial charge in [-0.25, -0.2) is 4.79 Å². The Balaban J connectivity index is 1.82. The molecule has 2 aromatic carbocycles. The Morgan fingerprint density at radius 2 is 1.68 bits per heavy atom. The van der Waals surface area contributed by atoms with Gasteiger partial charge in [-0.15, -0.1) is 0 Å². The number of urea groups is 1. The molecule has 0 aromatic heterocycles. The largest absolute Gasteiger partial charge is 0.349 e. The normalized spacial score (nSPS) is 15.4. The van der Waals surface area contributed by atoms with E-state index in [9.17, 15) is 18.9 Å². The van der Waals surface area contributed by atoms with Crippen LogP contribution in [0.1, 0.15) is 25.0 Å². The van der Waals surface area contributed by atoms with Crippen LogP contribution < -0.4 is 16.4 Å². The van der Waals surface area contributed by atoms with Crippen LogP contribution in [0.25, 0.3) is 0 Å². The van der Waals surface area contributed by atoms with Gasteiger partial charge in [0.2, 0.25) is 5.91 Å². The Kier molecular flexibility index (Phi) is 10.9. The van der Waals surface area contributed by atoms with Crippen molar-refractivity contribution < 1.29 is 28.0 Å². The summed E-state index contributed by atoms with van der Waals surface area (Å²) in [5.41, 5.74) is 7.96. The third kappa shape index (κ3) is 7.87. The van der Waals surface area contributed by atoms with Crippen LogP contribution >= 0.6 is 23.5 Å². The Hall–Kier alpha value is -2.76. The van der Waals surface area contributed by atoms with Crippen molar-refractivity contribution in [1.29, 1.82) is 0 Å². The molecule has 1 aliphatic heterocycles. The fraction of sp³-hybridized carbons (Fsp3) is 0.400. The van der Waals surface area contributed by atoms with E-state index in [0.29, 0.717) is 12.2 Å². The summed E-state index contributed by atoms with van der Waals surface area (Å²) < 4.78 is 24.3. The maximum absolute atomic E-state index is 13.4. The van der Waals surface area contributed by atoms with Crippen molar-refractivity contribution in [2.45, 2.75) is 33.1 Å². The first-order valence-corrected chi connectivity index (χ1v) is 14.8. The van der Waals surface area contributed by atoms with E-state index in [1.165, 1.54) is 9.80 Å². The molecule has 1 aliphatic rings. The minimum atomic E-state index is -3.72. The molecule has 0 aliphatic carbocycles. The highest BCUT2D eigenvalue weighted by molar-refractivity contribution is 9.10. The van der Waals surface area contributed by atoms with Crippen molar-refractivity contribution in [2.75, 3.05) is 37.8 Å². The van der Waals surface area contributed by atoms with E-state index in [0.717, 1.165) is 15.6 Å². The van der Waals surface area contributed by atoms with E-state index < -0.39 is 37.8 Å². The van der Waals surface area contributed by atoms with Crippen molar-refractivity contribution >= 4 is 47.1 Å². The van der Waals surface area contributed by atoms with E-state index in [1.54, 1.807) is 32.0 Å². The van der Waals surface area contributed by atoms with Crippen LogP contribution in [-0.4, -0.2) is 66.3 Å². The molecule has 38 heavy (non-hydrogen) atoms. The zero-order valence-electron chi connectivity index (χ0n) is 21.4. The second-order valence-corrected chi connectivity index (χ2v) is 11.4. The molecule has 1 saturated heterocycles. The van der Waals surface area contributed by atoms with Gasteiger partial charge in [-0.2, -0.15) is 0 Å². The molecule has 1 heterocycles. The average molecular weight is 610 g/mol. The van der Waals surface area contributed by atoms with Crippen LogP contribution in [-0.2, 0) is 36.3 Å². The van der Waals surface area contributed by atoms with Gasteiger partial charge in [0.15, 0.2) is 6.17 Å². The van der Waals surface area contributed by atoms with Crippen molar-refractivity contribution in [3.63, 3.8) is 0 Å². The van der Waals surface area contributed by atoms with Gasteiger partial charge in [0.05, 0.1) is 13.2 Å². The third-order valence-electron chi connectivity index (χ3n) is 5.74. The van der Waals surface area contributed by atoms with Gasteiger partial charge >= 0.3 is 13.6 Å². The number of halogens is 1.